The minimum absolute atomic E-state index is 0.0640. The molecule has 3 aromatic heterocycles. The highest BCUT2D eigenvalue weighted by Gasteiger charge is 2.44. The molecule has 0 bridgehead atoms. The Hall–Kier alpha value is -3.65. The summed E-state index contributed by atoms with van der Waals surface area (Å²) >= 11 is 1.44. The van der Waals surface area contributed by atoms with Gasteiger partial charge in [0.25, 0.3) is 5.91 Å². The normalized spacial score (nSPS) is 16.6. The Morgan fingerprint density at radius 1 is 1.19 bits per heavy atom. The number of aliphatic hydroxyl groups excluding tert-OH is 1. The van der Waals surface area contributed by atoms with Crippen LogP contribution in [0.1, 0.15) is 27.9 Å². The van der Waals surface area contributed by atoms with Crippen LogP contribution in [0.5, 0.6) is 0 Å². The van der Waals surface area contributed by atoms with Crippen molar-refractivity contribution in [2.24, 2.45) is 0 Å². The zero-order valence-corrected chi connectivity index (χ0v) is 17.3. The number of thiophene rings is 1. The van der Waals surface area contributed by atoms with Crippen molar-refractivity contribution in [3.63, 3.8) is 0 Å². The first-order chi connectivity index (χ1) is 15.1. The topological polar surface area (TPSA) is 88.6 Å². The van der Waals surface area contributed by atoms with Crippen LogP contribution in [0.25, 0.3) is 11.0 Å². The average Bonchev–Trinajstić information content (AvgIpc) is 3.57. The molecule has 5 rings (SSSR count). The number of hydrogen-bond donors (Lipinski definition) is 1. The zero-order valence-electron chi connectivity index (χ0n) is 16.5. The molecule has 0 saturated heterocycles. The molecule has 0 fully saturated rings. The van der Waals surface area contributed by atoms with E-state index in [0.29, 0.717) is 25.1 Å². The van der Waals surface area contributed by atoms with E-state index in [1.807, 2.05) is 46.5 Å². The largest absolute Gasteiger partial charge is 0.503 e. The number of aromatic nitrogens is 2. The summed E-state index contributed by atoms with van der Waals surface area (Å²) in [5, 5.41) is 13.4. The van der Waals surface area contributed by atoms with Crippen LogP contribution in [-0.4, -0.2) is 37.8 Å². The van der Waals surface area contributed by atoms with Gasteiger partial charge in [-0.25, -0.2) is 4.98 Å². The van der Waals surface area contributed by atoms with E-state index in [0.717, 1.165) is 10.3 Å². The van der Waals surface area contributed by atoms with Gasteiger partial charge in [-0.3, -0.25) is 9.59 Å². The fourth-order valence-electron chi connectivity index (χ4n) is 3.93. The Balaban J connectivity index is 1.47. The summed E-state index contributed by atoms with van der Waals surface area (Å²) in [6.45, 7) is 1.06. The average molecular weight is 433 g/mol. The lowest BCUT2D eigenvalue weighted by molar-refractivity contribution is -0.129. The molecule has 156 valence electrons. The zero-order chi connectivity index (χ0) is 21.4. The number of carbonyl (C=O) groups excluding carboxylic acids is 2. The molecule has 0 spiro atoms. The van der Waals surface area contributed by atoms with Gasteiger partial charge in [0, 0.05) is 35.7 Å². The number of imidazole rings is 1. The van der Waals surface area contributed by atoms with Crippen molar-refractivity contribution in [2.45, 2.75) is 19.0 Å². The number of nitrogens with zero attached hydrogens (tertiary/aromatic N) is 3. The number of fused-ring (bicyclic) bond motifs is 1. The third-order valence-electron chi connectivity index (χ3n) is 5.38. The van der Waals surface area contributed by atoms with E-state index in [1.54, 1.807) is 29.6 Å². The highest BCUT2D eigenvalue weighted by Crippen LogP contribution is 2.41. The van der Waals surface area contributed by atoms with Crippen LogP contribution in [0.3, 0.4) is 0 Å². The van der Waals surface area contributed by atoms with Gasteiger partial charge in [0.1, 0.15) is 5.58 Å². The third-order valence-corrected chi connectivity index (χ3v) is 6.31. The van der Waals surface area contributed by atoms with Gasteiger partial charge in [-0.05, 0) is 30.0 Å². The minimum atomic E-state index is -0.643. The van der Waals surface area contributed by atoms with Gasteiger partial charge in [0.15, 0.2) is 11.5 Å². The maximum absolute atomic E-state index is 13.4. The molecule has 4 aromatic rings. The van der Waals surface area contributed by atoms with Gasteiger partial charge >= 0.3 is 0 Å². The first-order valence-electron chi connectivity index (χ1n) is 9.90. The number of hydrogen-bond acceptors (Lipinski definition) is 6. The summed E-state index contributed by atoms with van der Waals surface area (Å²) in [4.78, 5) is 32.7. The monoisotopic (exact) mass is 433 g/mol. The van der Waals surface area contributed by atoms with Crippen molar-refractivity contribution >= 4 is 34.0 Å². The Kier molecular flexibility index (Phi) is 4.91. The second-order valence-electron chi connectivity index (χ2n) is 7.31. The Bertz CT molecular complexity index is 1240. The van der Waals surface area contributed by atoms with Gasteiger partial charge in [-0.2, -0.15) is 0 Å². The maximum atomic E-state index is 13.4. The Morgan fingerprint density at radius 3 is 2.81 bits per heavy atom. The predicted molar refractivity (Wildman–Crippen MR) is 116 cm³/mol. The van der Waals surface area contributed by atoms with Crippen LogP contribution in [-0.2, 0) is 11.3 Å². The number of aliphatic hydroxyl groups is 1. The fourth-order valence-corrected chi connectivity index (χ4v) is 4.77. The van der Waals surface area contributed by atoms with Crippen LogP contribution in [0.15, 0.2) is 82.3 Å². The molecule has 1 aliphatic heterocycles. The highest BCUT2D eigenvalue weighted by molar-refractivity contribution is 7.10. The Labute approximate surface area is 181 Å². The number of ketones is 1. The van der Waals surface area contributed by atoms with E-state index < -0.39 is 23.5 Å². The van der Waals surface area contributed by atoms with E-state index in [-0.39, 0.29) is 11.3 Å². The summed E-state index contributed by atoms with van der Waals surface area (Å²) in [5.41, 5.74) is 0.647. The third kappa shape index (κ3) is 3.44. The van der Waals surface area contributed by atoms with Gasteiger partial charge in [0.05, 0.1) is 17.9 Å². The lowest BCUT2D eigenvalue weighted by Gasteiger charge is -2.25. The molecule has 1 amide bonds. The van der Waals surface area contributed by atoms with Gasteiger partial charge in [-0.15, -0.1) is 11.3 Å². The van der Waals surface area contributed by atoms with Crippen molar-refractivity contribution in [2.75, 3.05) is 6.54 Å². The number of rotatable bonds is 7. The molecule has 31 heavy (non-hydrogen) atoms. The van der Waals surface area contributed by atoms with E-state index in [9.17, 15) is 14.7 Å². The quantitative estimate of drug-likeness (QED) is 0.438. The van der Waals surface area contributed by atoms with Crippen molar-refractivity contribution in [1.82, 2.24) is 14.5 Å². The number of amides is 1. The molecule has 0 saturated carbocycles. The number of aryl methyl sites for hydroxylation is 1. The second kappa shape index (κ2) is 7.88. The summed E-state index contributed by atoms with van der Waals surface area (Å²) in [7, 11) is 0. The smallest absolute Gasteiger partial charge is 0.290 e. The molecule has 1 aromatic carbocycles. The minimum Gasteiger partial charge on any atom is -0.503 e. The number of benzene rings is 1. The SMILES string of the molecule is O=C(C1=C(O)C(=O)N(CCCn2ccnc2)C1c1cccs1)c1cc2ccccc2o1. The van der Waals surface area contributed by atoms with Crippen LogP contribution < -0.4 is 0 Å². The number of Topliss-reactive ketones (excluding diaryl/α,β-unsaturated/α-hetero) is 1. The maximum Gasteiger partial charge on any atom is 0.290 e. The number of furan rings is 1. The van der Waals surface area contributed by atoms with E-state index in [2.05, 4.69) is 4.98 Å². The summed E-state index contributed by atoms with van der Waals surface area (Å²) < 4.78 is 7.65. The van der Waals surface area contributed by atoms with Gasteiger partial charge in [-0.1, -0.05) is 24.3 Å². The lowest BCUT2D eigenvalue weighted by atomic mass is 10.00. The second-order valence-corrected chi connectivity index (χ2v) is 8.29. The molecule has 4 heterocycles. The van der Waals surface area contributed by atoms with E-state index >= 15 is 0 Å². The van der Waals surface area contributed by atoms with Gasteiger partial charge < -0.3 is 19.0 Å². The molecular weight excluding hydrogens is 414 g/mol. The molecule has 8 heteroatoms. The lowest BCUT2D eigenvalue weighted by Crippen LogP contribution is -2.32. The molecular formula is C23H19N3O4S. The van der Waals surface area contributed by atoms with E-state index in [1.165, 1.54) is 11.3 Å². The molecule has 1 atom stereocenters. The molecule has 1 aliphatic rings. The summed E-state index contributed by atoms with van der Waals surface area (Å²) in [6, 6.07) is 12.1. The predicted octanol–water partition coefficient (Wildman–Crippen LogP) is 4.36. The van der Waals surface area contributed by atoms with Crippen LogP contribution in [0.2, 0.25) is 0 Å². The summed E-state index contributed by atoms with van der Waals surface area (Å²) in [6.07, 6.45) is 5.93. The first-order valence-corrected chi connectivity index (χ1v) is 10.8. The Morgan fingerprint density at radius 2 is 2.06 bits per heavy atom. The number of carbonyl (C=O) groups is 2. The van der Waals surface area contributed by atoms with Gasteiger partial charge in [0.2, 0.25) is 5.78 Å². The van der Waals surface area contributed by atoms with Crippen LogP contribution >= 0.6 is 11.3 Å². The molecule has 0 aliphatic carbocycles. The number of para-hydroxylation sites is 1. The molecule has 1 N–H and O–H groups in total. The molecule has 7 nitrogen and oxygen atoms in total. The van der Waals surface area contributed by atoms with Crippen molar-refractivity contribution in [1.29, 1.82) is 0 Å². The van der Waals surface area contributed by atoms with Crippen molar-refractivity contribution in [3.8, 4) is 0 Å². The van der Waals surface area contributed by atoms with Crippen LogP contribution in [0.4, 0.5) is 0 Å². The van der Waals surface area contributed by atoms with Crippen molar-refractivity contribution in [3.05, 3.63) is 88.5 Å². The fraction of sp³-hybridized carbons (Fsp3) is 0.174. The standard InChI is InChI=1S/C23H19N3O4S/c27-21(17-13-15-5-1-2-6-16(15)30-17)19-20(18-7-3-12-31-18)26(23(29)22(19)28)10-4-9-25-11-8-24-14-25/h1-3,5-8,11-14,20,28H,4,9-10H2. The first kappa shape index (κ1) is 19.3. The van der Waals surface area contributed by atoms with E-state index in [4.69, 9.17) is 4.42 Å². The highest BCUT2D eigenvalue weighted by atomic mass is 32.1. The van der Waals surface area contributed by atoms with Crippen molar-refractivity contribution < 1.29 is 19.1 Å². The summed E-state index contributed by atoms with van der Waals surface area (Å²) in [5.74, 6) is -1.41. The van der Waals surface area contributed by atoms with Crippen LogP contribution in [0, 0.1) is 0 Å². The molecule has 1 unspecified atom stereocenters. The molecule has 0 radical (unpaired) electrons.